The summed E-state index contributed by atoms with van der Waals surface area (Å²) in [5.74, 6) is -0.879. The summed E-state index contributed by atoms with van der Waals surface area (Å²) in [6.45, 7) is 4.32. The minimum Gasteiger partial charge on any atom is -0.341 e. The SMILES string of the molecule is CCCn1nnc2cc(C(=O)NC(C)C(=O)Nc3ccc(S(N)(=O)=O)cc3)ccc21. The number of amides is 2. The predicted molar refractivity (Wildman–Crippen MR) is 111 cm³/mol. The highest BCUT2D eigenvalue weighted by Gasteiger charge is 2.18. The van der Waals surface area contributed by atoms with E-state index >= 15 is 0 Å². The molecule has 1 atom stereocenters. The molecule has 0 radical (unpaired) electrons. The Kier molecular flexibility index (Phi) is 6.13. The fraction of sp³-hybridized carbons (Fsp3) is 0.263. The Labute approximate surface area is 173 Å². The van der Waals surface area contributed by atoms with E-state index in [-0.39, 0.29) is 4.90 Å². The van der Waals surface area contributed by atoms with Gasteiger partial charge in [0.1, 0.15) is 11.6 Å². The highest BCUT2D eigenvalue weighted by atomic mass is 32.2. The lowest BCUT2D eigenvalue weighted by molar-refractivity contribution is -0.117. The zero-order valence-electron chi connectivity index (χ0n) is 16.5. The van der Waals surface area contributed by atoms with Crippen molar-refractivity contribution >= 4 is 38.6 Å². The fourth-order valence-corrected chi connectivity index (χ4v) is 3.33. The van der Waals surface area contributed by atoms with E-state index < -0.39 is 27.9 Å². The molecule has 3 rings (SSSR count). The molecule has 10 nitrogen and oxygen atoms in total. The van der Waals surface area contributed by atoms with Gasteiger partial charge >= 0.3 is 0 Å². The highest BCUT2D eigenvalue weighted by Crippen LogP contribution is 2.15. The number of benzene rings is 2. The van der Waals surface area contributed by atoms with Crippen LogP contribution in [0.15, 0.2) is 47.4 Å². The molecule has 0 aliphatic rings. The number of carbonyl (C=O) groups excluding carboxylic acids is 2. The third kappa shape index (κ3) is 4.81. The predicted octanol–water partition coefficient (Wildman–Crippen LogP) is 1.25. The van der Waals surface area contributed by atoms with E-state index in [1.165, 1.54) is 24.3 Å². The Hall–Kier alpha value is -3.31. The van der Waals surface area contributed by atoms with Crippen molar-refractivity contribution in [3.8, 4) is 0 Å². The van der Waals surface area contributed by atoms with Crippen molar-refractivity contribution in [1.29, 1.82) is 0 Å². The summed E-state index contributed by atoms with van der Waals surface area (Å²) in [5.41, 5.74) is 2.18. The molecule has 1 aromatic heterocycles. The molecule has 0 spiro atoms. The van der Waals surface area contributed by atoms with Crippen molar-refractivity contribution in [3.05, 3.63) is 48.0 Å². The van der Waals surface area contributed by atoms with Crippen molar-refractivity contribution in [2.45, 2.75) is 37.8 Å². The average molecular weight is 430 g/mol. The van der Waals surface area contributed by atoms with Gasteiger partial charge in [-0.2, -0.15) is 0 Å². The quantitative estimate of drug-likeness (QED) is 0.513. The first-order valence-electron chi connectivity index (χ1n) is 9.27. The number of nitrogens with one attached hydrogen (secondary N) is 2. The van der Waals surface area contributed by atoms with Crippen molar-refractivity contribution < 1.29 is 18.0 Å². The van der Waals surface area contributed by atoms with Gasteiger partial charge < -0.3 is 10.6 Å². The molecule has 30 heavy (non-hydrogen) atoms. The number of rotatable bonds is 7. The monoisotopic (exact) mass is 430 g/mol. The zero-order valence-corrected chi connectivity index (χ0v) is 17.3. The van der Waals surface area contributed by atoms with Gasteiger partial charge in [0, 0.05) is 17.8 Å². The third-order valence-corrected chi connectivity index (χ3v) is 5.33. The maximum Gasteiger partial charge on any atom is 0.251 e. The molecule has 0 saturated heterocycles. The largest absolute Gasteiger partial charge is 0.341 e. The number of primary sulfonamides is 1. The van der Waals surface area contributed by atoms with Crippen LogP contribution in [0, 0.1) is 0 Å². The number of anilines is 1. The van der Waals surface area contributed by atoms with E-state index in [4.69, 9.17) is 5.14 Å². The molecule has 3 aromatic rings. The molecular formula is C19H22N6O4S. The summed E-state index contributed by atoms with van der Waals surface area (Å²) in [6.07, 6.45) is 0.915. The number of carbonyl (C=O) groups is 2. The van der Waals surface area contributed by atoms with Crippen molar-refractivity contribution in [3.63, 3.8) is 0 Å². The second-order valence-electron chi connectivity index (χ2n) is 6.77. The van der Waals surface area contributed by atoms with E-state index in [9.17, 15) is 18.0 Å². The van der Waals surface area contributed by atoms with Crippen molar-refractivity contribution in [2.75, 3.05) is 5.32 Å². The Morgan fingerprint density at radius 3 is 2.50 bits per heavy atom. The van der Waals surface area contributed by atoms with Gasteiger partial charge in [0.15, 0.2) is 0 Å². The van der Waals surface area contributed by atoms with Gasteiger partial charge in [-0.3, -0.25) is 9.59 Å². The topological polar surface area (TPSA) is 149 Å². The number of aryl methyl sites for hydroxylation is 1. The van der Waals surface area contributed by atoms with Gasteiger partial charge in [0.2, 0.25) is 15.9 Å². The van der Waals surface area contributed by atoms with Crippen LogP contribution in [0.5, 0.6) is 0 Å². The average Bonchev–Trinajstić information content (AvgIpc) is 3.10. The molecule has 0 saturated carbocycles. The van der Waals surface area contributed by atoms with E-state index in [1.54, 1.807) is 29.8 Å². The summed E-state index contributed by atoms with van der Waals surface area (Å²) < 4.78 is 24.3. The Morgan fingerprint density at radius 1 is 1.17 bits per heavy atom. The number of nitrogens with two attached hydrogens (primary N) is 1. The Bertz CT molecular complexity index is 1190. The van der Waals surface area contributed by atoms with Gasteiger partial charge in [0.05, 0.1) is 10.4 Å². The van der Waals surface area contributed by atoms with Crippen LogP contribution in [-0.4, -0.2) is 41.3 Å². The maximum absolute atomic E-state index is 12.5. The molecule has 11 heteroatoms. The smallest absolute Gasteiger partial charge is 0.251 e. The number of nitrogens with zero attached hydrogens (tertiary/aromatic N) is 3. The molecule has 0 bridgehead atoms. The number of hydrogen-bond acceptors (Lipinski definition) is 6. The molecule has 2 amide bonds. The molecule has 1 unspecified atom stereocenters. The fourth-order valence-electron chi connectivity index (χ4n) is 2.81. The van der Waals surface area contributed by atoms with Gasteiger partial charge in [-0.1, -0.05) is 12.1 Å². The molecule has 0 fully saturated rings. The lowest BCUT2D eigenvalue weighted by Crippen LogP contribution is -2.41. The van der Waals surface area contributed by atoms with E-state index in [1.807, 2.05) is 6.92 Å². The first-order valence-corrected chi connectivity index (χ1v) is 10.8. The van der Waals surface area contributed by atoms with Gasteiger partial charge in [0.25, 0.3) is 5.91 Å². The maximum atomic E-state index is 12.5. The summed E-state index contributed by atoms with van der Waals surface area (Å²) in [6, 6.07) is 9.63. The molecule has 2 aromatic carbocycles. The summed E-state index contributed by atoms with van der Waals surface area (Å²) in [7, 11) is -3.81. The van der Waals surface area contributed by atoms with E-state index in [0.717, 1.165) is 18.5 Å². The second kappa shape index (κ2) is 8.59. The first kappa shape index (κ1) is 21.4. The lowest BCUT2D eigenvalue weighted by atomic mass is 10.1. The molecule has 0 aliphatic carbocycles. The lowest BCUT2D eigenvalue weighted by Gasteiger charge is -2.14. The molecule has 0 aliphatic heterocycles. The zero-order chi connectivity index (χ0) is 21.9. The number of fused-ring (bicyclic) bond motifs is 1. The van der Waals surface area contributed by atoms with Crippen molar-refractivity contribution in [1.82, 2.24) is 20.3 Å². The third-order valence-electron chi connectivity index (χ3n) is 4.40. The number of hydrogen-bond donors (Lipinski definition) is 3. The van der Waals surface area contributed by atoms with Crippen LogP contribution in [-0.2, 0) is 21.4 Å². The molecule has 1 heterocycles. The Morgan fingerprint density at radius 2 is 1.87 bits per heavy atom. The van der Waals surface area contributed by atoms with Gasteiger partial charge in [-0.15, -0.1) is 5.10 Å². The number of sulfonamides is 1. The van der Waals surface area contributed by atoms with Crippen LogP contribution in [0.25, 0.3) is 11.0 Å². The van der Waals surface area contributed by atoms with E-state index in [0.29, 0.717) is 16.8 Å². The van der Waals surface area contributed by atoms with Crippen LogP contribution >= 0.6 is 0 Å². The Balaban J connectivity index is 1.64. The van der Waals surface area contributed by atoms with Crippen LogP contribution in [0.4, 0.5) is 5.69 Å². The van der Waals surface area contributed by atoms with Crippen LogP contribution in [0.2, 0.25) is 0 Å². The molecular weight excluding hydrogens is 408 g/mol. The van der Waals surface area contributed by atoms with Crippen molar-refractivity contribution in [2.24, 2.45) is 5.14 Å². The summed E-state index contributed by atoms with van der Waals surface area (Å²) in [4.78, 5) is 24.8. The first-order chi connectivity index (χ1) is 14.2. The molecule has 4 N–H and O–H groups in total. The van der Waals surface area contributed by atoms with Crippen LogP contribution in [0.1, 0.15) is 30.6 Å². The number of aromatic nitrogens is 3. The molecule has 158 valence electrons. The standard InChI is InChI=1S/C19H22N6O4S/c1-3-10-25-17-9-4-13(11-16(17)23-24-25)19(27)21-12(2)18(26)22-14-5-7-15(8-6-14)30(20,28)29/h4-9,11-12H,3,10H2,1-2H3,(H,21,27)(H,22,26)(H2,20,28,29). The normalized spacial score (nSPS) is 12.5. The van der Waals surface area contributed by atoms with E-state index in [2.05, 4.69) is 20.9 Å². The minimum absolute atomic E-state index is 0.0619. The summed E-state index contributed by atoms with van der Waals surface area (Å²) >= 11 is 0. The van der Waals surface area contributed by atoms with Crippen LogP contribution < -0.4 is 15.8 Å². The van der Waals surface area contributed by atoms with Gasteiger partial charge in [-0.05, 0) is 55.8 Å². The minimum atomic E-state index is -3.81. The second-order valence-corrected chi connectivity index (χ2v) is 8.33. The highest BCUT2D eigenvalue weighted by molar-refractivity contribution is 7.89. The van der Waals surface area contributed by atoms with Gasteiger partial charge in [-0.25, -0.2) is 18.2 Å². The van der Waals surface area contributed by atoms with Crippen LogP contribution in [0.3, 0.4) is 0 Å². The summed E-state index contributed by atoms with van der Waals surface area (Å²) in [5, 5.41) is 18.4.